The van der Waals surface area contributed by atoms with E-state index in [2.05, 4.69) is 40.3 Å². The van der Waals surface area contributed by atoms with Crippen LogP contribution in [0, 0.1) is 0 Å². The lowest BCUT2D eigenvalue weighted by Gasteiger charge is -2.19. The number of likely N-dealkylation sites (tertiary alicyclic amines) is 1. The van der Waals surface area contributed by atoms with E-state index >= 15 is 0 Å². The molecule has 1 saturated heterocycles. The van der Waals surface area contributed by atoms with Crippen LogP contribution in [0.15, 0.2) is 30.5 Å². The zero-order valence-corrected chi connectivity index (χ0v) is 12.7. The van der Waals surface area contributed by atoms with Crippen molar-refractivity contribution in [2.24, 2.45) is 0 Å². The molecule has 1 atom stereocenters. The van der Waals surface area contributed by atoms with Gasteiger partial charge in [0.1, 0.15) is 0 Å². The van der Waals surface area contributed by atoms with Crippen LogP contribution in [0.5, 0.6) is 0 Å². The number of carbonyl (C=O) groups is 1. The molecule has 1 aromatic carbocycles. The third-order valence-corrected chi connectivity index (χ3v) is 4.16. The molecule has 2 heterocycles. The van der Waals surface area contributed by atoms with Gasteiger partial charge in [-0.05, 0) is 43.9 Å². The Morgan fingerprint density at radius 1 is 1.27 bits per heavy atom. The third kappa shape index (κ3) is 4.58. The average molecular weight is 304 g/mol. The third-order valence-electron chi connectivity index (χ3n) is 4.16. The van der Waals surface area contributed by atoms with Gasteiger partial charge in [-0.2, -0.15) is 0 Å². The number of rotatable bonds is 3. The first-order chi connectivity index (χ1) is 10.7. The second-order valence-corrected chi connectivity index (χ2v) is 5.64. The van der Waals surface area contributed by atoms with Gasteiger partial charge in [0.15, 0.2) is 0 Å². The summed E-state index contributed by atoms with van der Waals surface area (Å²) in [5.41, 5.74) is 2.63. The first kappa shape index (κ1) is 16.5. The number of aromatic nitrogens is 1. The molecule has 3 N–H and O–H groups in total. The fourth-order valence-corrected chi connectivity index (χ4v) is 2.98. The standard InChI is InChI=1S/C16H22N2O.CH2O2/c19-14-4-3-9-18(11-8-14)10-7-13-12-17-16-6-2-1-5-15(13)16;2-1-3/h1-2,5-6,12,14,17,19H,3-4,7-11H2;1H,(H,2,3). The minimum atomic E-state index is -0.250. The van der Waals surface area contributed by atoms with E-state index in [0.29, 0.717) is 0 Å². The van der Waals surface area contributed by atoms with Gasteiger partial charge in [0.05, 0.1) is 6.10 Å². The van der Waals surface area contributed by atoms with Crippen LogP contribution in [-0.2, 0) is 11.2 Å². The van der Waals surface area contributed by atoms with Crippen LogP contribution in [0.3, 0.4) is 0 Å². The molecule has 2 aromatic rings. The highest BCUT2D eigenvalue weighted by Crippen LogP contribution is 2.19. The molecule has 0 radical (unpaired) electrons. The Bertz CT molecular complexity index is 582. The average Bonchev–Trinajstić information content (AvgIpc) is 2.82. The summed E-state index contributed by atoms with van der Waals surface area (Å²) in [5.74, 6) is 0. The van der Waals surface area contributed by atoms with Crippen LogP contribution in [0.2, 0.25) is 0 Å². The number of aliphatic hydroxyl groups excluding tert-OH is 1. The number of nitrogens with zero attached hydrogens (tertiary/aromatic N) is 1. The molecule has 0 bridgehead atoms. The van der Waals surface area contributed by atoms with E-state index in [0.717, 1.165) is 45.3 Å². The van der Waals surface area contributed by atoms with Gasteiger partial charge in [0.25, 0.3) is 6.47 Å². The highest BCUT2D eigenvalue weighted by molar-refractivity contribution is 5.83. The van der Waals surface area contributed by atoms with E-state index in [4.69, 9.17) is 9.90 Å². The van der Waals surface area contributed by atoms with Crippen LogP contribution >= 0.6 is 0 Å². The predicted molar refractivity (Wildman–Crippen MR) is 87.0 cm³/mol. The van der Waals surface area contributed by atoms with Gasteiger partial charge in [-0.15, -0.1) is 0 Å². The summed E-state index contributed by atoms with van der Waals surface area (Å²) < 4.78 is 0. The lowest BCUT2D eigenvalue weighted by molar-refractivity contribution is -0.122. The number of fused-ring (bicyclic) bond motifs is 1. The first-order valence-electron chi connectivity index (χ1n) is 7.78. The van der Waals surface area contributed by atoms with Crippen molar-refractivity contribution < 1.29 is 15.0 Å². The van der Waals surface area contributed by atoms with Gasteiger partial charge < -0.3 is 20.1 Å². The van der Waals surface area contributed by atoms with E-state index in [1.165, 1.54) is 16.5 Å². The van der Waals surface area contributed by atoms with Crippen LogP contribution in [0.1, 0.15) is 24.8 Å². The van der Waals surface area contributed by atoms with Crippen molar-refractivity contribution in [2.45, 2.75) is 31.8 Å². The van der Waals surface area contributed by atoms with Crippen LogP contribution in [0.4, 0.5) is 0 Å². The van der Waals surface area contributed by atoms with Gasteiger partial charge >= 0.3 is 0 Å². The normalized spacial score (nSPS) is 19.2. The number of nitrogens with one attached hydrogen (secondary N) is 1. The zero-order chi connectivity index (χ0) is 15.8. The van der Waals surface area contributed by atoms with Gasteiger partial charge in [-0.1, -0.05) is 18.2 Å². The maximum Gasteiger partial charge on any atom is 0.290 e. The maximum atomic E-state index is 9.67. The molecule has 5 nitrogen and oxygen atoms in total. The molecule has 22 heavy (non-hydrogen) atoms. The Hall–Kier alpha value is -1.85. The summed E-state index contributed by atoms with van der Waals surface area (Å²) >= 11 is 0. The van der Waals surface area contributed by atoms with Crippen molar-refractivity contribution in [2.75, 3.05) is 19.6 Å². The van der Waals surface area contributed by atoms with Gasteiger partial charge in [-0.3, -0.25) is 4.79 Å². The van der Waals surface area contributed by atoms with E-state index < -0.39 is 0 Å². The molecule has 0 aliphatic carbocycles. The summed E-state index contributed by atoms with van der Waals surface area (Å²) in [4.78, 5) is 14.2. The Balaban J connectivity index is 0.000000545. The fourth-order valence-electron chi connectivity index (χ4n) is 2.98. The Morgan fingerprint density at radius 2 is 2.05 bits per heavy atom. The molecule has 120 valence electrons. The molecule has 1 aliphatic heterocycles. The molecule has 1 unspecified atom stereocenters. The Labute approximate surface area is 130 Å². The molecule has 5 heteroatoms. The lowest BCUT2D eigenvalue weighted by Crippen LogP contribution is -2.27. The second-order valence-electron chi connectivity index (χ2n) is 5.64. The Morgan fingerprint density at radius 3 is 2.86 bits per heavy atom. The number of aromatic amines is 1. The van der Waals surface area contributed by atoms with Gasteiger partial charge in [-0.25, -0.2) is 0 Å². The fraction of sp³-hybridized carbons (Fsp3) is 0.471. The summed E-state index contributed by atoms with van der Waals surface area (Å²) in [6.45, 7) is 3.00. The van der Waals surface area contributed by atoms with Crippen molar-refractivity contribution >= 4 is 17.4 Å². The zero-order valence-electron chi connectivity index (χ0n) is 12.7. The van der Waals surface area contributed by atoms with E-state index in [9.17, 15) is 5.11 Å². The molecule has 1 aromatic heterocycles. The van der Waals surface area contributed by atoms with Crippen LogP contribution < -0.4 is 0 Å². The van der Waals surface area contributed by atoms with Crippen LogP contribution in [-0.4, -0.2) is 52.3 Å². The largest absolute Gasteiger partial charge is 0.483 e. The van der Waals surface area contributed by atoms with Crippen molar-refractivity contribution in [1.29, 1.82) is 0 Å². The van der Waals surface area contributed by atoms with E-state index in [-0.39, 0.29) is 12.6 Å². The molecule has 3 rings (SSSR count). The smallest absolute Gasteiger partial charge is 0.290 e. The quantitative estimate of drug-likeness (QED) is 0.760. The van der Waals surface area contributed by atoms with Crippen molar-refractivity contribution in [3.05, 3.63) is 36.0 Å². The maximum absolute atomic E-state index is 9.67. The molecule has 1 fully saturated rings. The number of aliphatic hydroxyl groups is 1. The van der Waals surface area contributed by atoms with Crippen molar-refractivity contribution in [3.8, 4) is 0 Å². The van der Waals surface area contributed by atoms with Gasteiger partial charge in [0.2, 0.25) is 0 Å². The number of para-hydroxylation sites is 1. The predicted octanol–water partition coefficient (Wildman–Crippen LogP) is 2.26. The number of benzene rings is 1. The highest BCUT2D eigenvalue weighted by Gasteiger charge is 2.14. The van der Waals surface area contributed by atoms with E-state index in [1.54, 1.807) is 0 Å². The SMILES string of the molecule is O=CO.OC1CCCN(CCc2c[nH]c3ccccc23)CC1. The highest BCUT2D eigenvalue weighted by atomic mass is 16.3. The monoisotopic (exact) mass is 304 g/mol. The molecule has 0 saturated carbocycles. The minimum Gasteiger partial charge on any atom is -0.483 e. The van der Waals surface area contributed by atoms with Crippen molar-refractivity contribution in [3.63, 3.8) is 0 Å². The molecular weight excluding hydrogens is 280 g/mol. The summed E-state index contributed by atoms with van der Waals surface area (Å²) in [5, 5.41) is 17.9. The number of hydrogen-bond acceptors (Lipinski definition) is 3. The Kier molecular flexibility index (Phi) is 6.43. The van der Waals surface area contributed by atoms with E-state index in [1.807, 2.05) is 0 Å². The summed E-state index contributed by atoms with van der Waals surface area (Å²) in [6.07, 6.45) is 6.14. The first-order valence-corrected chi connectivity index (χ1v) is 7.78. The molecule has 0 amide bonds. The molecule has 0 spiro atoms. The number of H-pyrrole nitrogens is 1. The van der Waals surface area contributed by atoms with Crippen LogP contribution in [0.25, 0.3) is 10.9 Å². The second kappa shape index (κ2) is 8.56. The minimum absolute atomic E-state index is 0.0851. The summed E-state index contributed by atoms with van der Waals surface area (Å²) in [7, 11) is 0. The van der Waals surface area contributed by atoms with Gasteiger partial charge in [0, 0.05) is 30.2 Å². The summed E-state index contributed by atoms with van der Waals surface area (Å²) in [6, 6.07) is 8.48. The van der Waals surface area contributed by atoms with Crippen molar-refractivity contribution in [1.82, 2.24) is 9.88 Å². The number of hydrogen-bond donors (Lipinski definition) is 3. The molecular formula is C17H24N2O3. The topological polar surface area (TPSA) is 76.6 Å². The molecule has 1 aliphatic rings. The lowest BCUT2D eigenvalue weighted by atomic mass is 10.1. The number of carboxylic acid groups (broad SMARTS) is 1.